The van der Waals surface area contributed by atoms with Gasteiger partial charge in [0, 0.05) is 11.6 Å². The predicted molar refractivity (Wildman–Crippen MR) is 51.8 cm³/mol. The Morgan fingerprint density at radius 3 is 2.77 bits per heavy atom. The van der Waals surface area contributed by atoms with E-state index in [0.717, 1.165) is 16.6 Å². The number of aryl methyl sites for hydroxylation is 2. The van der Waals surface area contributed by atoms with Gasteiger partial charge < -0.3 is 0 Å². The van der Waals surface area contributed by atoms with Gasteiger partial charge in [-0.1, -0.05) is 0 Å². The monoisotopic (exact) mass is 193 g/mol. The third-order valence-electron chi connectivity index (χ3n) is 1.85. The number of hydrogen-bond donors (Lipinski definition) is 0. The van der Waals surface area contributed by atoms with Crippen molar-refractivity contribution in [2.75, 3.05) is 0 Å². The zero-order valence-electron chi connectivity index (χ0n) is 7.37. The van der Waals surface area contributed by atoms with Crippen LogP contribution in [0.25, 0.3) is 11.0 Å². The fourth-order valence-corrected chi connectivity index (χ4v) is 1.44. The van der Waals surface area contributed by atoms with Crippen LogP contribution in [0.2, 0.25) is 5.28 Å². The SMILES string of the molecule is Cc1cnc2nc(Cl)nc(C)c2c1. The van der Waals surface area contributed by atoms with E-state index in [2.05, 4.69) is 15.0 Å². The Morgan fingerprint density at radius 2 is 2.00 bits per heavy atom. The molecule has 0 aliphatic carbocycles. The molecule has 0 amide bonds. The first kappa shape index (κ1) is 8.38. The highest BCUT2D eigenvalue weighted by molar-refractivity contribution is 6.28. The molecule has 3 nitrogen and oxygen atoms in total. The van der Waals surface area contributed by atoms with E-state index >= 15 is 0 Å². The third-order valence-corrected chi connectivity index (χ3v) is 2.02. The molecular weight excluding hydrogens is 186 g/mol. The fourth-order valence-electron chi connectivity index (χ4n) is 1.23. The number of nitrogens with zero attached hydrogens (tertiary/aromatic N) is 3. The minimum Gasteiger partial charge on any atom is -0.236 e. The second-order valence-electron chi connectivity index (χ2n) is 2.96. The molecule has 0 bridgehead atoms. The molecule has 2 aromatic rings. The fraction of sp³-hybridized carbons (Fsp3) is 0.222. The first-order valence-corrected chi connectivity index (χ1v) is 4.31. The molecule has 2 aromatic heterocycles. The Balaban J connectivity index is 2.87. The lowest BCUT2D eigenvalue weighted by Gasteiger charge is -2.00. The Morgan fingerprint density at radius 1 is 1.23 bits per heavy atom. The van der Waals surface area contributed by atoms with Crippen molar-refractivity contribution in [2.45, 2.75) is 13.8 Å². The largest absolute Gasteiger partial charge is 0.236 e. The van der Waals surface area contributed by atoms with Gasteiger partial charge in [0.1, 0.15) is 0 Å². The van der Waals surface area contributed by atoms with Gasteiger partial charge in [-0.3, -0.25) is 0 Å². The molecule has 0 spiro atoms. The van der Waals surface area contributed by atoms with Crippen LogP contribution in [-0.4, -0.2) is 15.0 Å². The van der Waals surface area contributed by atoms with Crippen LogP contribution in [0.15, 0.2) is 12.3 Å². The Kier molecular flexibility index (Phi) is 1.88. The molecule has 66 valence electrons. The van der Waals surface area contributed by atoms with E-state index in [1.165, 1.54) is 0 Å². The summed E-state index contributed by atoms with van der Waals surface area (Å²) in [6.45, 7) is 3.89. The maximum Gasteiger partial charge on any atom is 0.224 e. The number of hydrogen-bond acceptors (Lipinski definition) is 3. The lowest BCUT2D eigenvalue weighted by Crippen LogP contribution is -1.92. The molecular formula is C9H8ClN3. The summed E-state index contributed by atoms with van der Waals surface area (Å²) in [6, 6.07) is 2.01. The number of rotatable bonds is 0. The first-order valence-electron chi connectivity index (χ1n) is 3.93. The Hall–Kier alpha value is -1.22. The minimum absolute atomic E-state index is 0.251. The molecule has 13 heavy (non-hydrogen) atoms. The maximum atomic E-state index is 5.70. The quantitative estimate of drug-likeness (QED) is 0.603. The van der Waals surface area contributed by atoms with Gasteiger partial charge >= 0.3 is 0 Å². The second-order valence-corrected chi connectivity index (χ2v) is 3.30. The normalized spacial score (nSPS) is 10.7. The van der Waals surface area contributed by atoms with Gasteiger partial charge in [-0.05, 0) is 37.1 Å². The summed E-state index contributed by atoms with van der Waals surface area (Å²) in [5.41, 5.74) is 2.62. The van der Waals surface area contributed by atoms with Gasteiger partial charge in [0.05, 0.1) is 5.69 Å². The molecule has 0 fully saturated rings. The van der Waals surface area contributed by atoms with E-state index in [1.807, 2.05) is 19.9 Å². The predicted octanol–water partition coefficient (Wildman–Crippen LogP) is 2.30. The molecule has 0 aliphatic heterocycles. The number of fused-ring (bicyclic) bond motifs is 1. The van der Waals surface area contributed by atoms with E-state index in [1.54, 1.807) is 6.20 Å². The van der Waals surface area contributed by atoms with Crippen LogP contribution < -0.4 is 0 Å². The number of aromatic nitrogens is 3. The summed E-state index contributed by atoms with van der Waals surface area (Å²) in [5, 5.41) is 1.21. The zero-order valence-corrected chi connectivity index (χ0v) is 8.13. The van der Waals surface area contributed by atoms with Crippen LogP contribution in [0.1, 0.15) is 11.3 Å². The number of halogens is 1. The summed E-state index contributed by atoms with van der Waals surface area (Å²) in [6.07, 6.45) is 1.77. The van der Waals surface area contributed by atoms with Crippen molar-refractivity contribution in [3.8, 4) is 0 Å². The van der Waals surface area contributed by atoms with E-state index < -0.39 is 0 Å². The van der Waals surface area contributed by atoms with Gasteiger partial charge in [0.25, 0.3) is 0 Å². The summed E-state index contributed by atoms with van der Waals surface area (Å²) in [5.74, 6) is 0. The van der Waals surface area contributed by atoms with Gasteiger partial charge in [0.15, 0.2) is 5.65 Å². The molecule has 2 rings (SSSR count). The van der Waals surface area contributed by atoms with E-state index in [0.29, 0.717) is 5.65 Å². The van der Waals surface area contributed by atoms with Crippen LogP contribution in [0, 0.1) is 13.8 Å². The van der Waals surface area contributed by atoms with E-state index in [-0.39, 0.29) is 5.28 Å². The summed E-state index contributed by atoms with van der Waals surface area (Å²) in [4.78, 5) is 12.2. The average molecular weight is 194 g/mol. The molecule has 0 unspecified atom stereocenters. The number of pyridine rings is 1. The van der Waals surface area contributed by atoms with Crippen molar-refractivity contribution < 1.29 is 0 Å². The van der Waals surface area contributed by atoms with Crippen LogP contribution in [0.4, 0.5) is 0 Å². The second kappa shape index (κ2) is 2.92. The van der Waals surface area contributed by atoms with E-state index in [9.17, 15) is 0 Å². The van der Waals surface area contributed by atoms with Crippen LogP contribution >= 0.6 is 11.6 Å². The van der Waals surface area contributed by atoms with Crippen molar-refractivity contribution in [3.05, 3.63) is 28.8 Å². The smallest absolute Gasteiger partial charge is 0.224 e. The Bertz CT molecular complexity index is 468. The average Bonchev–Trinajstić information content (AvgIpc) is 2.06. The Labute approximate surface area is 80.8 Å². The van der Waals surface area contributed by atoms with Crippen LogP contribution in [0.5, 0.6) is 0 Å². The van der Waals surface area contributed by atoms with E-state index in [4.69, 9.17) is 11.6 Å². The van der Waals surface area contributed by atoms with Crippen molar-refractivity contribution in [1.82, 2.24) is 15.0 Å². The molecule has 4 heteroatoms. The van der Waals surface area contributed by atoms with Gasteiger partial charge in [0.2, 0.25) is 5.28 Å². The highest BCUT2D eigenvalue weighted by atomic mass is 35.5. The van der Waals surface area contributed by atoms with Crippen LogP contribution in [-0.2, 0) is 0 Å². The van der Waals surface area contributed by atoms with Crippen LogP contribution in [0.3, 0.4) is 0 Å². The highest BCUT2D eigenvalue weighted by Gasteiger charge is 2.03. The van der Waals surface area contributed by atoms with Gasteiger partial charge in [-0.15, -0.1) is 0 Å². The van der Waals surface area contributed by atoms with Crippen molar-refractivity contribution in [3.63, 3.8) is 0 Å². The van der Waals surface area contributed by atoms with Crippen molar-refractivity contribution in [1.29, 1.82) is 0 Å². The molecule has 0 saturated heterocycles. The first-order chi connectivity index (χ1) is 6.16. The molecule has 0 saturated carbocycles. The lowest BCUT2D eigenvalue weighted by molar-refractivity contribution is 1.12. The molecule has 0 aliphatic rings. The summed E-state index contributed by atoms with van der Waals surface area (Å²) in [7, 11) is 0. The lowest BCUT2D eigenvalue weighted by atomic mass is 10.2. The molecule has 2 heterocycles. The van der Waals surface area contributed by atoms with Gasteiger partial charge in [-0.2, -0.15) is 4.98 Å². The van der Waals surface area contributed by atoms with Crippen molar-refractivity contribution in [2.24, 2.45) is 0 Å². The van der Waals surface area contributed by atoms with Gasteiger partial charge in [-0.25, -0.2) is 9.97 Å². The molecule has 0 aromatic carbocycles. The molecule has 0 radical (unpaired) electrons. The highest BCUT2D eigenvalue weighted by Crippen LogP contribution is 2.15. The van der Waals surface area contributed by atoms with Crippen molar-refractivity contribution >= 4 is 22.6 Å². The zero-order chi connectivity index (χ0) is 9.42. The molecule has 0 N–H and O–H groups in total. The standard InChI is InChI=1S/C9H8ClN3/c1-5-3-7-6(2)12-9(10)13-8(7)11-4-5/h3-4H,1-2H3. The topological polar surface area (TPSA) is 38.7 Å². The molecule has 0 atom stereocenters. The minimum atomic E-state index is 0.251. The summed E-state index contributed by atoms with van der Waals surface area (Å²) < 4.78 is 0. The summed E-state index contributed by atoms with van der Waals surface area (Å²) >= 11 is 5.70. The third kappa shape index (κ3) is 1.47. The maximum absolute atomic E-state index is 5.70.